The summed E-state index contributed by atoms with van der Waals surface area (Å²) in [6.07, 6.45) is 1.17. The minimum atomic E-state index is 0.117. The molecule has 86 valence electrons. The van der Waals surface area contributed by atoms with Gasteiger partial charge in [-0.1, -0.05) is 18.2 Å². The lowest BCUT2D eigenvalue weighted by Crippen LogP contribution is -2.50. The first-order valence-corrected chi connectivity index (χ1v) is 5.73. The van der Waals surface area contributed by atoms with Crippen LogP contribution in [0.1, 0.15) is 22.3 Å². The Kier molecular flexibility index (Phi) is 3.25. The number of hydrogen-bond donors (Lipinski definition) is 1. The molecule has 1 amide bonds. The van der Waals surface area contributed by atoms with Gasteiger partial charge < -0.3 is 10.2 Å². The molecule has 1 saturated heterocycles. The van der Waals surface area contributed by atoms with E-state index in [4.69, 9.17) is 0 Å². The quantitative estimate of drug-likeness (QED) is 0.832. The molecule has 2 rings (SSSR count). The lowest BCUT2D eigenvalue weighted by molar-refractivity contribution is 0.0766. The van der Waals surface area contributed by atoms with E-state index in [2.05, 4.69) is 5.32 Å². The summed E-state index contributed by atoms with van der Waals surface area (Å²) in [5.74, 6) is 0.117. The molecule has 1 aromatic carbocycles. The van der Waals surface area contributed by atoms with E-state index >= 15 is 0 Å². The number of hydrogen-bond acceptors (Lipinski definition) is 2. The van der Waals surface area contributed by atoms with E-state index in [-0.39, 0.29) is 5.91 Å². The Morgan fingerprint density at radius 2 is 2.19 bits per heavy atom. The maximum absolute atomic E-state index is 12.1. The Bertz CT molecular complexity index is 385. The highest BCUT2D eigenvalue weighted by Crippen LogP contribution is 2.11. The predicted molar refractivity (Wildman–Crippen MR) is 64.5 cm³/mol. The summed E-state index contributed by atoms with van der Waals surface area (Å²) in [4.78, 5) is 13.9. The van der Waals surface area contributed by atoms with Crippen LogP contribution in [0.3, 0.4) is 0 Å². The highest BCUT2D eigenvalue weighted by atomic mass is 16.2. The molecule has 1 aromatic rings. The van der Waals surface area contributed by atoms with Crippen molar-refractivity contribution in [2.45, 2.75) is 19.4 Å². The molecule has 1 heterocycles. The molecule has 3 heteroatoms. The molecule has 1 unspecified atom stereocenters. The summed E-state index contributed by atoms with van der Waals surface area (Å²) < 4.78 is 0. The molecule has 1 aliphatic heterocycles. The molecule has 0 spiro atoms. The summed E-state index contributed by atoms with van der Waals surface area (Å²) in [6, 6.07) is 8.22. The minimum Gasteiger partial charge on any atom is -0.340 e. The van der Waals surface area contributed by atoms with Crippen LogP contribution in [-0.2, 0) is 0 Å². The Balaban J connectivity index is 2.03. The molecule has 0 bridgehead atoms. The van der Waals surface area contributed by atoms with Gasteiger partial charge in [0.1, 0.15) is 0 Å². The molecule has 0 aromatic heterocycles. The van der Waals surface area contributed by atoms with Crippen molar-refractivity contribution in [3.05, 3.63) is 35.4 Å². The highest BCUT2D eigenvalue weighted by Gasteiger charge is 2.21. The van der Waals surface area contributed by atoms with Gasteiger partial charge in [-0.05, 0) is 31.5 Å². The van der Waals surface area contributed by atoms with Gasteiger partial charge in [0.2, 0.25) is 0 Å². The third-order valence-corrected chi connectivity index (χ3v) is 3.14. The van der Waals surface area contributed by atoms with Gasteiger partial charge in [-0.3, -0.25) is 4.79 Å². The normalized spacial score (nSPS) is 19.0. The number of benzene rings is 1. The number of likely N-dealkylation sites (N-methyl/N-ethyl adjacent to an activating group) is 1. The first-order chi connectivity index (χ1) is 7.68. The molecule has 0 saturated carbocycles. The van der Waals surface area contributed by atoms with Crippen molar-refractivity contribution in [1.82, 2.24) is 10.2 Å². The lowest BCUT2D eigenvalue weighted by atomic mass is 10.1. The van der Waals surface area contributed by atoms with Crippen LogP contribution in [0.15, 0.2) is 24.3 Å². The van der Waals surface area contributed by atoms with Gasteiger partial charge in [-0.25, -0.2) is 0 Å². The van der Waals surface area contributed by atoms with Crippen molar-refractivity contribution >= 4 is 5.91 Å². The van der Waals surface area contributed by atoms with Crippen molar-refractivity contribution in [2.75, 3.05) is 20.1 Å². The number of carbonyl (C=O) groups is 1. The van der Waals surface area contributed by atoms with Gasteiger partial charge in [0.25, 0.3) is 5.91 Å². The van der Waals surface area contributed by atoms with Crippen LogP contribution in [0.5, 0.6) is 0 Å². The molecule has 1 aliphatic rings. The molecule has 0 aliphatic carbocycles. The van der Waals surface area contributed by atoms with Gasteiger partial charge in [0.15, 0.2) is 0 Å². The van der Waals surface area contributed by atoms with Crippen LogP contribution >= 0.6 is 0 Å². The zero-order valence-corrected chi connectivity index (χ0v) is 9.86. The maximum atomic E-state index is 12.1. The Morgan fingerprint density at radius 3 is 2.75 bits per heavy atom. The molecular formula is C13H18N2O. The Morgan fingerprint density at radius 1 is 1.50 bits per heavy atom. The molecule has 1 fully saturated rings. The fourth-order valence-corrected chi connectivity index (χ4v) is 1.94. The standard InChI is InChI=1S/C13H18N2O/c1-10-5-3-4-6-12(10)13(16)15(2)9-11-7-8-14-11/h3-6,11,14H,7-9H2,1-2H3. The van der Waals surface area contributed by atoms with Gasteiger partial charge in [-0.15, -0.1) is 0 Å². The number of amides is 1. The van der Waals surface area contributed by atoms with Crippen LogP contribution in [0.25, 0.3) is 0 Å². The Hall–Kier alpha value is -1.35. The fraction of sp³-hybridized carbons (Fsp3) is 0.462. The summed E-state index contributed by atoms with van der Waals surface area (Å²) >= 11 is 0. The summed E-state index contributed by atoms with van der Waals surface area (Å²) in [5, 5.41) is 3.30. The highest BCUT2D eigenvalue weighted by molar-refractivity contribution is 5.95. The van der Waals surface area contributed by atoms with E-state index in [9.17, 15) is 4.79 Å². The summed E-state index contributed by atoms with van der Waals surface area (Å²) in [5.41, 5.74) is 1.85. The monoisotopic (exact) mass is 218 g/mol. The van der Waals surface area contributed by atoms with Crippen LogP contribution < -0.4 is 5.32 Å². The van der Waals surface area contributed by atoms with Crippen molar-refractivity contribution in [1.29, 1.82) is 0 Å². The molecule has 1 N–H and O–H groups in total. The van der Waals surface area contributed by atoms with Gasteiger partial charge in [0.05, 0.1) is 0 Å². The zero-order valence-electron chi connectivity index (χ0n) is 9.86. The maximum Gasteiger partial charge on any atom is 0.253 e. The van der Waals surface area contributed by atoms with Crippen molar-refractivity contribution in [3.8, 4) is 0 Å². The van der Waals surface area contributed by atoms with Gasteiger partial charge >= 0.3 is 0 Å². The largest absolute Gasteiger partial charge is 0.340 e. The molecule has 1 atom stereocenters. The van der Waals surface area contributed by atoms with Gasteiger partial charge in [-0.2, -0.15) is 0 Å². The topological polar surface area (TPSA) is 32.3 Å². The number of rotatable bonds is 3. The average molecular weight is 218 g/mol. The lowest BCUT2D eigenvalue weighted by Gasteiger charge is -2.31. The van der Waals surface area contributed by atoms with E-state index in [0.29, 0.717) is 6.04 Å². The van der Waals surface area contributed by atoms with Crippen LogP contribution in [0.4, 0.5) is 0 Å². The van der Waals surface area contributed by atoms with E-state index in [1.165, 1.54) is 6.42 Å². The van der Waals surface area contributed by atoms with Crippen molar-refractivity contribution in [2.24, 2.45) is 0 Å². The number of carbonyl (C=O) groups excluding carboxylic acids is 1. The third-order valence-electron chi connectivity index (χ3n) is 3.14. The average Bonchev–Trinajstić information content (AvgIpc) is 2.23. The van der Waals surface area contributed by atoms with Crippen LogP contribution in [-0.4, -0.2) is 37.0 Å². The number of nitrogens with one attached hydrogen (secondary N) is 1. The third kappa shape index (κ3) is 2.25. The zero-order chi connectivity index (χ0) is 11.5. The molecule has 3 nitrogen and oxygen atoms in total. The van der Waals surface area contributed by atoms with E-state index < -0.39 is 0 Å². The molecular weight excluding hydrogens is 200 g/mol. The summed E-state index contributed by atoms with van der Waals surface area (Å²) in [7, 11) is 1.87. The SMILES string of the molecule is Cc1ccccc1C(=O)N(C)CC1CCN1. The number of aryl methyl sites for hydroxylation is 1. The first-order valence-electron chi connectivity index (χ1n) is 5.73. The second kappa shape index (κ2) is 4.66. The smallest absolute Gasteiger partial charge is 0.253 e. The van der Waals surface area contributed by atoms with E-state index in [1.54, 1.807) is 4.90 Å². The van der Waals surface area contributed by atoms with E-state index in [1.807, 2.05) is 38.2 Å². The summed E-state index contributed by atoms with van der Waals surface area (Å²) in [6.45, 7) is 3.85. The molecule has 0 radical (unpaired) electrons. The Labute approximate surface area is 96.5 Å². The first kappa shape index (κ1) is 11.1. The van der Waals surface area contributed by atoms with Crippen molar-refractivity contribution < 1.29 is 4.79 Å². The number of nitrogens with zero attached hydrogens (tertiary/aromatic N) is 1. The fourth-order valence-electron chi connectivity index (χ4n) is 1.94. The van der Waals surface area contributed by atoms with Gasteiger partial charge in [0, 0.05) is 25.2 Å². The second-order valence-electron chi connectivity index (χ2n) is 4.44. The predicted octanol–water partition coefficient (Wildman–Crippen LogP) is 1.43. The van der Waals surface area contributed by atoms with Crippen LogP contribution in [0, 0.1) is 6.92 Å². The second-order valence-corrected chi connectivity index (χ2v) is 4.44. The van der Waals surface area contributed by atoms with E-state index in [0.717, 1.165) is 24.2 Å². The molecule has 16 heavy (non-hydrogen) atoms. The van der Waals surface area contributed by atoms with Crippen molar-refractivity contribution in [3.63, 3.8) is 0 Å². The van der Waals surface area contributed by atoms with Crippen LogP contribution in [0.2, 0.25) is 0 Å². The minimum absolute atomic E-state index is 0.117.